The Morgan fingerprint density at radius 2 is 1.89 bits per heavy atom. The summed E-state index contributed by atoms with van der Waals surface area (Å²) < 4.78 is 33.3. The van der Waals surface area contributed by atoms with Gasteiger partial charge in [0.25, 0.3) is 10.1 Å². The van der Waals surface area contributed by atoms with Crippen molar-refractivity contribution in [2.75, 3.05) is 6.61 Å². The largest absolute Gasteiger partial charge is 0.707 e. The van der Waals surface area contributed by atoms with Crippen molar-refractivity contribution in [1.29, 1.82) is 0 Å². The van der Waals surface area contributed by atoms with Crippen molar-refractivity contribution in [3.05, 3.63) is 24.3 Å². The molecule has 0 saturated heterocycles. The van der Waals surface area contributed by atoms with Crippen LogP contribution in [0.4, 0.5) is 0 Å². The minimum atomic E-state index is -3.90. The summed E-state index contributed by atoms with van der Waals surface area (Å²) in [6.45, 7) is 5.60. The Balaban J connectivity index is 2.89. The molecule has 1 aromatic carbocycles. The SMILES string of the molecule is CC(C)(C)COS(=O)(=O)c1cccc(OB(O)O)c1. The molecule has 0 fully saturated rings. The third-order valence-corrected chi connectivity index (χ3v) is 3.24. The zero-order valence-corrected chi connectivity index (χ0v) is 11.8. The van der Waals surface area contributed by atoms with Crippen molar-refractivity contribution in [1.82, 2.24) is 0 Å². The van der Waals surface area contributed by atoms with Crippen LogP contribution in [0.1, 0.15) is 20.8 Å². The summed E-state index contributed by atoms with van der Waals surface area (Å²) in [7, 11) is -5.90. The minimum absolute atomic E-state index is 0.0235. The first-order valence-electron chi connectivity index (χ1n) is 5.62. The van der Waals surface area contributed by atoms with Crippen molar-refractivity contribution in [2.45, 2.75) is 25.7 Å². The van der Waals surface area contributed by atoms with E-state index in [1.807, 2.05) is 20.8 Å². The first-order valence-corrected chi connectivity index (χ1v) is 7.03. The molecule has 0 aliphatic carbocycles. The molecule has 6 nitrogen and oxygen atoms in total. The highest BCUT2D eigenvalue weighted by molar-refractivity contribution is 7.86. The van der Waals surface area contributed by atoms with Gasteiger partial charge < -0.3 is 14.7 Å². The molecule has 1 aromatic rings. The van der Waals surface area contributed by atoms with Crippen molar-refractivity contribution >= 4 is 17.4 Å². The van der Waals surface area contributed by atoms with Gasteiger partial charge in [0.05, 0.1) is 11.5 Å². The molecular weight excluding hydrogens is 271 g/mol. The zero-order valence-electron chi connectivity index (χ0n) is 11.0. The number of hydrogen-bond acceptors (Lipinski definition) is 6. The van der Waals surface area contributed by atoms with Crippen LogP contribution in [0.15, 0.2) is 29.2 Å². The second-order valence-electron chi connectivity index (χ2n) is 5.20. The van der Waals surface area contributed by atoms with Crippen LogP contribution in [0.3, 0.4) is 0 Å². The molecule has 0 bridgehead atoms. The molecule has 0 radical (unpaired) electrons. The highest BCUT2D eigenvalue weighted by Gasteiger charge is 2.21. The topological polar surface area (TPSA) is 93.1 Å². The lowest BCUT2D eigenvalue weighted by Gasteiger charge is -2.17. The molecule has 0 amide bonds. The van der Waals surface area contributed by atoms with E-state index in [9.17, 15) is 8.42 Å². The fraction of sp³-hybridized carbons (Fsp3) is 0.455. The predicted molar refractivity (Wildman–Crippen MR) is 69.9 cm³/mol. The van der Waals surface area contributed by atoms with Gasteiger partial charge in [-0.05, 0) is 23.6 Å². The van der Waals surface area contributed by atoms with E-state index < -0.39 is 17.4 Å². The van der Waals surface area contributed by atoms with E-state index in [-0.39, 0.29) is 22.7 Å². The standard InChI is InChI=1S/C11H17BO6S/c1-11(2,3)8-17-19(15,16)10-6-4-5-9(7-10)18-12(13)14/h4-7,13-14H,8H2,1-3H3. The van der Waals surface area contributed by atoms with E-state index in [2.05, 4.69) is 4.65 Å². The summed E-state index contributed by atoms with van der Waals surface area (Å²) in [4.78, 5) is -0.102. The van der Waals surface area contributed by atoms with Crippen LogP contribution in [0.5, 0.6) is 5.75 Å². The van der Waals surface area contributed by atoms with Gasteiger partial charge in [0.1, 0.15) is 5.75 Å². The molecule has 0 saturated carbocycles. The van der Waals surface area contributed by atoms with Crippen LogP contribution >= 0.6 is 0 Å². The zero-order chi connectivity index (χ0) is 14.7. The quantitative estimate of drug-likeness (QED) is 0.614. The summed E-state index contributed by atoms with van der Waals surface area (Å²) in [5.74, 6) is 0.0235. The number of benzene rings is 1. The molecule has 8 heteroatoms. The molecule has 0 unspecified atom stereocenters. The second-order valence-corrected chi connectivity index (χ2v) is 6.81. The normalized spacial score (nSPS) is 12.3. The van der Waals surface area contributed by atoms with Gasteiger partial charge in [0.15, 0.2) is 0 Å². The smallest absolute Gasteiger partial charge is 0.512 e. The molecule has 0 heterocycles. The van der Waals surface area contributed by atoms with Gasteiger partial charge in [0, 0.05) is 0 Å². The summed E-state index contributed by atoms with van der Waals surface area (Å²) >= 11 is 0. The lowest BCUT2D eigenvalue weighted by atomic mass is 9.99. The Kier molecular flexibility index (Phi) is 4.97. The average Bonchev–Trinajstić information content (AvgIpc) is 2.25. The maximum Gasteiger partial charge on any atom is 0.707 e. The molecule has 0 atom stereocenters. The predicted octanol–water partition coefficient (Wildman–Crippen LogP) is 0.786. The lowest BCUT2D eigenvalue weighted by Crippen LogP contribution is -2.21. The highest BCUT2D eigenvalue weighted by atomic mass is 32.2. The van der Waals surface area contributed by atoms with Gasteiger partial charge in [0.2, 0.25) is 0 Å². The minimum Gasteiger partial charge on any atom is -0.512 e. The van der Waals surface area contributed by atoms with Crippen molar-refractivity contribution in [2.24, 2.45) is 5.41 Å². The van der Waals surface area contributed by atoms with Crippen LogP contribution < -0.4 is 4.65 Å². The van der Waals surface area contributed by atoms with Gasteiger partial charge in [-0.25, -0.2) is 0 Å². The lowest BCUT2D eigenvalue weighted by molar-refractivity contribution is 0.203. The van der Waals surface area contributed by atoms with E-state index in [1.165, 1.54) is 18.2 Å². The number of hydrogen-bond donors (Lipinski definition) is 2. The monoisotopic (exact) mass is 288 g/mol. The van der Waals surface area contributed by atoms with Crippen molar-refractivity contribution < 1.29 is 27.3 Å². The molecular formula is C11H17BO6S. The van der Waals surface area contributed by atoms with E-state index >= 15 is 0 Å². The third kappa shape index (κ3) is 5.60. The molecule has 2 N–H and O–H groups in total. The summed E-state index contributed by atoms with van der Waals surface area (Å²) in [5, 5.41) is 17.3. The molecule has 1 rings (SSSR count). The van der Waals surface area contributed by atoms with Crippen LogP contribution in [-0.2, 0) is 14.3 Å². The summed E-state index contributed by atoms with van der Waals surface area (Å²) in [6, 6.07) is 5.33. The molecule has 0 aromatic heterocycles. The Morgan fingerprint density at radius 1 is 1.26 bits per heavy atom. The maximum absolute atomic E-state index is 11.9. The van der Waals surface area contributed by atoms with E-state index in [4.69, 9.17) is 14.2 Å². The molecule has 0 spiro atoms. The van der Waals surface area contributed by atoms with Crippen molar-refractivity contribution in [3.8, 4) is 5.75 Å². The Bertz CT molecular complexity index is 520. The van der Waals surface area contributed by atoms with Crippen molar-refractivity contribution in [3.63, 3.8) is 0 Å². The van der Waals surface area contributed by atoms with Gasteiger partial charge >= 0.3 is 7.32 Å². The van der Waals surface area contributed by atoms with Crippen LogP contribution in [0.25, 0.3) is 0 Å². The first-order chi connectivity index (χ1) is 8.60. The average molecular weight is 288 g/mol. The molecule has 0 aliphatic rings. The Hall–Kier alpha value is -1.09. The first kappa shape index (κ1) is 16.0. The third-order valence-electron chi connectivity index (χ3n) is 1.98. The van der Waals surface area contributed by atoms with Crippen LogP contribution in [-0.4, -0.2) is 32.4 Å². The maximum atomic E-state index is 11.9. The van der Waals surface area contributed by atoms with E-state index in [0.29, 0.717) is 0 Å². The van der Waals surface area contributed by atoms with E-state index in [1.54, 1.807) is 0 Å². The number of rotatable bonds is 5. The highest BCUT2D eigenvalue weighted by Crippen LogP contribution is 2.22. The fourth-order valence-corrected chi connectivity index (χ4v) is 2.30. The molecule has 106 valence electrons. The summed E-state index contributed by atoms with van der Waals surface area (Å²) in [5.41, 5.74) is -0.289. The van der Waals surface area contributed by atoms with Gasteiger partial charge in [-0.15, -0.1) is 0 Å². The van der Waals surface area contributed by atoms with Crippen LogP contribution in [0, 0.1) is 5.41 Å². The van der Waals surface area contributed by atoms with Gasteiger partial charge in [-0.1, -0.05) is 26.8 Å². The van der Waals surface area contributed by atoms with Gasteiger partial charge in [-0.2, -0.15) is 8.42 Å². The fourth-order valence-electron chi connectivity index (χ4n) is 1.15. The Morgan fingerprint density at radius 3 is 2.42 bits per heavy atom. The van der Waals surface area contributed by atoms with E-state index in [0.717, 1.165) is 6.07 Å². The van der Waals surface area contributed by atoms with Crippen LogP contribution in [0.2, 0.25) is 0 Å². The molecule has 0 aliphatic heterocycles. The Labute approximate surface area is 113 Å². The van der Waals surface area contributed by atoms with Gasteiger partial charge in [-0.3, -0.25) is 4.18 Å². The summed E-state index contributed by atoms with van der Waals surface area (Å²) in [6.07, 6.45) is 0. The second kappa shape index (κ2) is 5.91. The molecule has 19 heavy (non-hydrogen) atoms.